The minimum absolute atomic E-state index is 0.0557. The molecular weight excluding hydrogens is 386 g/mol. The van der Waals surface area contributed by atoms with E-state index in [1.54, 1.807) is 13.0 Å². The van der Waals surface area contributed by atoms with Gasteiger partial charge in [-0.1, -0.05) is 12.1 Å². The average molecular weight is 400 g/mol. The van der Waals surface area contributed by atoms with Gasteiger partial charge in [-0.25, -0.2) is 13.2 Å². The molecule has 0 N–H and O–H groups in total. The molecule has 0 atom stereocenters. The summed E-state index contributed by atoms with van der Waals surface area (Å²) in [4.78, 5) is 0. The van der Waals surface area contributed by atoms with E-state index in [4.69, 9.17) is 4.74 Å². The van der Waals surface area contributed by atoms with Crippen molar-refractivity contribution < 1.29 is 35.8 Å². The van der Waals surface area contributed by atoms with Gasteiger partial charge in [0.1, 0.15) is 11.6 Å². The number of hydrogen-bond donors (Lipinski definition) is 0. The van der Waals surface area contributed by atoms with Crippen molar-refractivity contribution in [2.45, 2.75) is 13.1 Å². The Labute approximate surface area is 156 Å². The highest BCUT2D eigenvalue weighted by Crippen LogP contribution is 2.34. The van der Waals surface area contributed by atoms with Gasteiger partial charge in [-0.3, -0.25) is 0 Å². The lowest BCUT2D eigenvalue weighted by atomic mass is 10.00. The molecule has 3 aromatic rings. The number of hydrogen-bond acceptors (Lipinski definition) is 2. The van der Waals surface area contributed by atoms with Gasteiger partial charge in [0.05, 0.1) is 6.61 Å². The van der Waals surface area contributed by atoms with Crippen molar-refractivity contribution >= 4 is 10.8 Å². The van der Waals surface area contributed by atoms with Crippen LogP contribution in [0.15, 0.2) is 42.5 Å². The van der Waals surface area contributed by atoms with Gasteiger partial charge >= 0.3 is 6.18 Å². The summed E-state index contributed by atoms with van der Waals surface area (Å²) < 4.78 is 89.1. The molecular formula is C20H14F6O2. The second kappa shape index (κ2) is 7.61. The lowest BCUT2D eigenvalue weighted by molar-refractivity contribution is -0.154. The van der Waals surface area contributed by atoms with Crippen molar-refractivity contribution in [3.05, 3.63) is 59.9 Å². The van der Waals surface area contributed by atoms with Gasteiger partial charge < -0.3 is 9.47 Å². The SMILES string of the molecule is CCOc1ccc(-c2ccc3c(F)c(OCC(F)(F)F)c(F)cc3c2)c(F)c1. The van der Waals surface area contributed by atoms with Crippen LogP contribution in [0, 0.1) is 17.5 Å². The zero-order valence-electron chi connectivity index (χ0n) is 14.5. The quantitative estimate of drug-likeness (QED) is 0.471. The molecule has 0 saturated heterocycles. The fourth-order valence-corrected chi connectivity index (χ4v) is 2.75. The molecule has 0 radical (unpaired) electrons. The third kappa shape index (κ3) is 4.16. The average Bonchev–Trinajstić information content (AvgIpc) is 2.60. The summed E-state index contributed by atoms with van der Waals surface area (Å²) in [6, 6.07) is 9.02. The monoisotopic (exact) mass is 400 g/mol. The third-order valence-electron chi connectivity index (χ3n) is 3.93. The molecule has 2 nitrogen and oxygen atoms in total. The van der Waals surface area contributed by atoms with Crippen molar-refractivity contribution in [3.8, 4) is 22.6 Å². The summed E-state index contributed by atoms with van der Waals surface area (Å²) in [5.74, 6) is -3.88. The normalized spacial score (nSPS) is 11.7. The first kappa shape index (κ1) is 19.9. The van der Waals surface area contributed by atoms with Crippen LogP contribution in [0.5, 0.6) is 11.5 Å². The second-order valence-corrected chi connectivity index (χ2v) is 5.92. The van der Waals surface area contributed by atoms with Crippen LogP contribution in [-0.4, -0.2) is 19.4 Å². The highest BCUT2D eigenvalue weighted by atomic mass is 19.4. The molecule has 0 bridgehead atoms. The molecule has 0 heterocycles. The Morgan fingerprint density at radius 2 is 1.61 bits per heavy atom. The van der Waals surface area contributed by atoms with Crippen LogP contribution in [0.25, 0.3) is 21.9 Å². The van der Waals surface area contributed by atoms with E-state index >= 15 is 0 Å². The first-order chi connectivity index (χ1) is 13.2. The predicted molar refractivity (Wildman–Crippen MR) is 92.0 cm³/mol. The second-order valence-electron chi connectivity index (χ2n) is 5.92. The molecule has 0 amide bonds. The predicted octanol–water partition coefficient (Wildman–Crippen LogP) is 6.26. The first-order valence-electron chi connectivity index (χ1n) is 8.23. The molecule has 0 spiro atoms. The molecule has 0 aliphatic carbocycles. The lowest BCUT2D eigenvalue weighted by Gasteiger charge is -2.13. The van der Waals surface area contributed by atoms with E-state index in [1.807, 2.05) is 0 Å². The zero-order valence-corrected chi connectivity index (χ0v) is 14.5. The van der Waals surface area contributed by atoms with Gasteiger partial charge in [-0.2, -0.15) is 13.2 Å². The van der Waals surface area contributed by atoms with Crippen molar-refractivity contribution in [2.75, 3.05) is 13.2 Å². The molecule has 148 valence electrons. The van der Waals surface area contributed by atoms with Crippen LogP contribution >= 0.6 is 0 Å². The summed E-state index contributed by atoms with van der Waals surface area (Å²) >= 11 is 0. The standard InChI is InChI=1S/C20H14F6O2/c1-2-27-13-4-6-14(16(21)9-13)11-3-5-15-12(7-11)8-17(22)19(18(15)23)28-10-20(24,25)26/h3-9H,2,10H2,1H3. The molecule has 0 fully saturated rings. The summed E-state index contributed by atoms with van der Waals surface area (Å²) in [6.45, 7) is 0.304. The molecule has 3 aromatic carbocycles. The summed E-state index contributed by atoms with van der Waals surface area (Å²) in [7, 11) is 0. The van der Waals surface area contributed by atoms with Crippen molar-refractivity contribution in [1.82, 2.24) is 0 Å². The number of ether oxygens (including phenoxy) is 2. The van der Waals surface area contributed by atoms with Crippen LogP contribution in [0.3, 0.4) is 0 Å². The number of benzene rings is 3. The Balaban J connectivity index is 2.01. The fraction of sp³-hybridized carbons (Fsp3) is 0.200. The van der Waals surface area contributed by atoms with E-state index in [1.165, 1.54) is 30.3 Å². The van der Waals surface area contributed by atoms with E-state index in [9.17, 15) is 26.3 Å². The number of rotatable bonds is 5. The van der Waals surface area contributed by atoms with E-state index in [-0.39, 0.29) is 16.3 Å². The van der Waals surface area contributed by atoms with Crippen molar-refractivity contribution in [2.24, 2.45) is 0 Å². The van der Waals surface area contributed by atoms with E-state index < -0.39 is 36.0 Å². The maximum atomic E-state index is 14.4. The molecule has 8 heteroatoms. The van der Waals surface area contributed by atoms with E-state index in [0.717, 1.165) is 6.07 Å². The number of halogens is 6. The van der Waals surface area contributed by atoms with Crippen LogP contribution in [0.1, 0.15) is 6.92 Å². The largest absolute Gasteiger partial charge is 0.494 e. The Morgan fingerprint density at radius 1 is 0.857 bits per heavy atom. The molecule has 0 unspecified atom stereocenters. The Kier molecular flexibility index (Phi) is 5.40. The van der Waals surface area contributed by atoms with Gasteiger partial charge in [-0.05, 0) is 42.1 Å². The third-order valence-corrected chi connectivity index (χ3v) is 3.93. The summed E-state index contributed by atoms with van der Waals surface area (Å²) in [6.07, 6.45) is -4.73. The minimum Gasteiger partial charge on any atom is -0.494 e. The first-order valence-corrected chi connectivity index (χ1v) is 8.23. The smallest absolute Gasteiger partial charge is 0.422 e. The molecule has 28 heavy (non-hydrogen) atoms. The number of fused-ring (bicyclic) bond motifs is 1. The highest BCUT2D eigenvalue weighted by molar-refractivity contribution is 5.89. The molecule has 0 aromatic heterocycles. The topological polar surface area (TPSA) is 18.5 Å². The summed E-state index contributed by atoms with van der Waals surface area (Å²) in [5.41, 5.74) is 0.527. The molecule has 0 aliphatic heterocycles. The van der Waals surface area contributed by atoms with Crippen LogP contribution in [0.4, 0.5) is 26.3 Å². The number of alkyl halides is 3. The highest BCUT2D eigenvalue weighted by Gasteiger charge is 2.30. The zero-order chi connectivity index (χ0) is 20.5. The molecule has 0 saturated carbocycles. The Hall–Kier alpha value is -2.90. The van der Waals surface area contributed by atoms with Crippen LogP contribution < -0.4 is 9.47 Å². The maximum Gasteiger partial charge on any atom is 0.422 e. The van der Waals surface area contributed by atoms with Crippen LogP contribution in [0.2, 0.25) is 0 Å². The Morgan fingerprint density at radius 3 is 2.25 bits per heavy atom. The van der Waals surface area contributed by atoms with Crippen LogP contribution in [-0.2, 0) is 0 Å². The van der Waals surface area contributed by atoms with E-state index in [2.05, 4.69) is 4.74 Å². The fourth-order valence-electron chi connectivity index (χ4n) is 2.75. The van der Waals surface area contributed by atoms with Gasteiger partial charge in [0, 0.05) is 17.0 Å². The van der Waals surface area contributed by atoms with Gasteiger partial charge in [0.2, 0.25) is 0 Å². The summed E-state index contributed by atoms with van der Waals surface area (Å²) in [5, 5.41) is -0.0891. The van der Waals surface area contributed by atoms with Gasteiger partial charge in [0.25, 0.3) is 0 Å². The minimum atomic E-state index is -4.73. The van der Waals surface area contributed by atoms with Crippen molar-refractivity contribution in [3.63, 3.8) is 0 Å². The molecule has 0 aliphatic rings. The maximum absolute atomic E-state index is 14.4. The lowest BCUT2D eigenvalue weighted by Crippen LogP contribution is -2.20. The van der Waals surface area contributed by atoms with Gasteiger partial charge in [-0.15, -0.1) is 0 Å². The van der Waals surface area contributed by atoms with Crippen molar-refractivity contribution in [1.29, 1.82) is 0 Å². The van der Waals surface area contributed by atoms with E-state index in [0.29, 0.717) is 17.9 Å². The van der Waals surface area contributed by atoms with Gasteiger partial charge in [0.15, 0.2) is 24.0 Å². The molecule has 3 rings (SSSR count). The Bertz CT molecular complexity index is 1010.